The van der Waals surface area contributed by atoms with Gasteiger partial charge in [-0.15, -0.1) is 11.3 Å². The summed E-state index contributed by atoms with van der Waals surface area (Å²) < 4.78 is 0. The second-order valence-electron chi connectivity index (χ2n) is 7.66. The number of carbonyl (C=O) groups excluding carboxylic acids is 2. The maximum Gasteiger partial charge on any atom is 0.273 e. The highest BCUT2D eigenvalue weighted by molar-refractivity contribution is 7.09. The number of aryl methyl sites for hydroxylation is 1. The van der Waals surface area contributed by atoms with E-state index in [0.717, 1.165) is 37.4 Å². The van der Waals surface area contributed by atoms with Gasteiger partial charge >= 0.3 is 0 Å². The molecule has 0 aromatic carbocycles. The summed E-state index contributed by atoms with van der Waals surface area (Å²) >= 11 is 1.50. The molecule has 0 radical (unpaired) electrons. The SMILES string of the molecule is Cc1nc(C(=O)N2CC[C@@]3(CCCN(CC4CCC4)C3=O)C2)cs1. The number of hydrogen-bond acceptors (Lipinski definition) is 4. The highest BCUT2D eigenvalue weighted by Gasteiger charge is 2.49. The number of thiazole rings is 1. The second kappa shape index (κ2) is 6.14. The van der Waals surface area contributed by atoms with Crippen molar-refractivity contribution in [3.8, 4) is 0 Å². The van der Waals surface area contributed by atoms with Crippen molar-refractivity contribution in [1.82, 2.24) is 14.8 Å². The summed E-state index contributed by atoms with van der Waals surface area (Å²) in [6.07, 6.45) is 6.65. The molecule has 1 aliphatic carbocycles. The maximum atomic E-state index is 13.1. The maximum absolute atomic E-state index is 13.1. The Balaban J connectivity index is 1.45. The van der Waals surface area contributed by atoms with Crippen LogP contribution in [0.4, 0.5) is 0 Å². The lowest BCUT2D eigenvalue weighted by Gasteiger charge is -2.42. The molecule has 3 aliphatic rings. The van der Waals surface area contributed by atoms with Gasteiger partial charge in [0, 0.05) is 31.6 Å². The molecule has 3 fully saturated rings. The third kappa shape index (κ3) is 2.75. The minimum Gasteiger partial charge on any atom is -0.342 e. The van der Waals surface area contributed by atoms with E-state index in [9.17, 15) is 9.59 Å². The number of likely N-dealkylation sites (tertiary alicyclic amines) is 2. The van der Waals surface area contributed by atoms with Gasteiger partial charge < -0.3 is 9.80 Å². The summed E-state index contributed by atoms with van der Waals surface area (Å²) in [6.45, 7) is 4.99. The molecule has 1 saturated carbocycles. The molecule has 5 nitrogen and oxygen atoms in total. The first-order valence-corrected chi connectivity index (χ1v) is 9.96. The molecule has 6 heteroatoms. The molecule has 24 heavy (non-hydrogen) atoms. The van der Waals surface area contributed by atoms with Crippen molar-refractivity contribution < 1.29 is 9.59 Å². The first-order valence-electron chi connectivity index (χ1n) is 9.08. The molecule has 2 saturated heterocycles. The number of aromatic nitrogens is 1. The van der Waals surface area contributed by atoms with Gasteiger partial charge in [-0.3, -0.25) is 9.59 Å². The van der Waals surface area contributed by atoms with Crippen LogP contribution in [0.25, 0.3) is 0 Å². The molecule has 1 atom stereocenters. The van der Waals surface area contributed by atoms with Crippen LogP contribution >= 0.6 is 11.3 Å². The minimum atomic E-state index is -0.331. The molecule has 0 bridgehead atoms. The third-order valence-corrected chi connectivity index (χ3v) is 6.78. The fourth-order valence-corrected chi connectivity index (χ4v) is 4.95. The molecule has 0 N–H and O–H groups in total. The highest BCUT2D eigenvalue weighted by atomic mass is 32.1. The number of rotatable bonds is 3. The van der Waals surface area contributed by atoms with Crippen molar-refractivity contribution in [2.45, 2.75) is 45.4 Å². The van der Waals surface area contributed by atoms with Crippen molar-refractivity contribution in [2.24, 2.45) is 11.3 Å². The predicted octanol–water partition coefficient (Wildman–Crippen LogP) is 2.71. The number of nitrogens with zero attached hydrogens (tertiary/aromatic N) is 3. The summed E-state index contributed by atoms with van der Waals surface area (Å²) in [5.74, 6) is 0.992. The number of amides is 2. The smallest absolute Gasteiger partial charge is 0.273 e. The van der Waals surface area contributed by atoms with Crippen molar-refractivity contribution >= 4 is 23.2 Å². The van der Waals surface area contributed by atoms with Crippen LogP contribution in [-0.4, -0.2) is 52.8 Å². The monoisotopic (exact) mass is 347 g/mol. The zero-order valence-corrected chi connectivity index (χ0v) is 15.1. The first-order chi connectivity index (χ1) is 11.6. The van der Waals surface area contributed by atoms with E-state index in [1.54, 1.807) is 0 Å². The van der Waals surface area contributed by atoms with Gasteiger partial charge in [0.05, 0.1) is 10.4 Å². The van der Waals surface area contributed by atoms with E-state index in [1.807, 2.05) is 17.2 Å². The van der Waals surface area contributed by atoms with Gasteiger partial charge in [0.15, 0.2) is 0 Å². The fraction of sp³-hybridized carbons (Fsp3) is 0.722. The van der Waals surface area contributed by atoms with Gasteiger partial charge in [-0.05, 0) is 44.9 Å². The van der Waals surface area contributed by atoms with Gasteiger partial charge in [0.1, 0.15) is 5.69 Å². The average Bonchev–Trinajstić information content (AvgIpc) is 3.14. The average molecular weight is 347 g/mol. The minimum absolute atomic E-state index is 0.0138. The molecular formula is C18H25N3O2S. The molecule has 1 spiro atoms. The van der Waals surface area contributed by atoms with Crippen LogP contribution in [0.3, 0.4) is 0 Å². The summed E-state index contributed by atoms with van der Waals surface area (Å²) in [4.78, 5) is 34.0. The first kappa shape index (κ1) is 16.1. The van der Waals surface area contributed by atoms with Gasteiger partial charge in [-0.25, -0.2) is 4.98 Å². The van der Waals surface area contributed by atoms with Crippen LogP contribution in [0.15, 0.2) is 5.38 Å². The van der Waals surface area contributed by atoms with E-state index in [1.165, 1.54) is 30.6 Å². The Morgan fingerprint density at radius 2 is 2.17 bits per heavy atom. The topological polar surface area (TPSA) is 53.5 Å². The molecule has 4 rings (SSSR count). The third-order valence-electron chi connectivity index (χ3n) is 6.01. The van der Waals surface area contributed by atoms with Crippen LogP contribution < -0.4 is 0 Å². The fourth-order valence-electron chi connectivity index (χ4n) is 4.36. The van der Waals surface area contributed by atoms with Crippen molar-refractivity contribution in [3.63, 3.8) is 0 Å². The molecule has 1 aromatic rings. The lowest BCUT2D eigenvalue weighted by Crippen LogP contribution is -2.52. The van der Waals surface area contributed by atoms with Gasteiger partial charge in [-0.2, -0.15) is 0 Å². The number of hydrogen-bond donors (Lipinski definition) is 0. The van der Waals surface area contributed by atoms with Crippen LogP contribution in [0, 0.1) is 18.3 Å². The molecular weight excluding hydrogens is 322 g/mol. The second-order valence-corrected chi connectivity index (χ2v) is 8.72. The Bertz CT molecular complexity index is 654. The zero-order valence-electron chi connectivity index (χ0n) is 14.3. The Hall–Kier alpha value is -1.43. The highest BCUT2D eigenvalue weighted by Crippen LogP contribution is 2.41. The largest absolute Gasteiger partial charge is 0.342 e. The van der Waals surface area contributed by atoms with E-state index in [0.29, 0.717) is 30.6 Å². The van der Waals surface area contributed by atoms with Crippen LogP contribution in [0.2, 0.25) is 0 Å². The number of carbonyl (C=O) groups is 2. The Morgan fingerprint density at radius 3 is 2.83 bits per heavy atom. The molecule has 2 aliphatic heterocycles. The van der Waals surface area contributed by atoms with Crippen LogP contribution in [-0.2, 0) is 4.79 Å². The van der Waals surface area contributed by atoms with Gasteiger partial charge in [0.25, 0.3) is 5.91 Å². The molecule has 2 amide bonds. The summed E-state index contributed by atoms with van der Waals surface area (Å²) in [7, 11) is 0. The van der Waals surface area contributed by atoms with Gasteiger partial charge in [-0.1, -0.05) is 6.42 Å². The number of piperidine rings is 1. The van der Waals surface area contributed by atoms with Crippen molar-refractivity contribution in [1.29, 1.82) is 0 Å². The predicted molar refractivity (Wildman–Crippen MR) is 93.0 cm³/mol. The van der Waals surface area contributed by atoms with Gasteiger partial charge in [0.2, 0.25) is 5.91 Å². The standard InChI is InChI=1S/C18H25N3O2S/c1-13-19-15(11-24-13)16(22)21-9-7-18(12-21)6-3-8-20(17(18)23)10-14-4-2-5-14/h11,14H,2-10,12H2,1H3/t18-/m0/s1. The Labute approximate surface area is 147 Å². The quantitative estimate of drug-likeness (QED) is 0.845. The van der Waals surface area contributed by atoms with E-state index < -0.39 is 0 Å². The van der Waals surface area contributed by atoms with Crippen molar-refractivity contribution in [2.75, 3.05) is 26.2 Å². The summed E-state index contributed by atoms with van der Waals surface area (Å²) in [5, 5.41) is 2.74. The van der Waals surface area contributed by atoms with Crippen LogP contribution in [0.1, 0.15) is 54.0 Å². The Kier molecular flexibility index (Phi) is 4.11. The lowest BCUT2D eigenvalue weighted by molar-refractivity contribution is -0.146. The summed E-state index contributed by atoms with van der Waals surface area (Å²) in [6, 6.07) is 0. The summed E-state index contributed by atoms with van der Waals surface area (Å²) in [5.41, 5.74) is 0.201. The van der Waals surface area contributed by atoms with E-state index in [4.69, 9.17) is 0 Å². The molecule has 130 valence electrons. The normalized spacial score (nSPS) is 27.8. The molecule has 1 aromatic heterocycles. The zero-order chi connectivity index (χ0) is 16.7. The lowest BCUT2D eigenvalue weighted by atomic mass is 9.77. The van der Waals surface area contributed by atoms with Crippen molar-refractivity contribution in [3.05, 3.63) is 16.1 Å². The molecule has 0 unspecified atom stereocenters. The van der Waals surface area contributed by atoms with E-state index in [2.05, 4.69) is 9.88 Å². The van der Waals surface area contributed by atoms with E-state index >= 15 is 0 Å². The Morgan fingerprint density at radius 1 is 1.33 bits per heavy atom. The molecule has 3 heterocycles. The van der Waals surface area contributed by atoms with E-state index in [-0.39, 0.29) is 11.3 Å². The van der Waals surface area contributed by atoms with Crippen LogP contribution in [0.5, 0.6) is 0 Å².